The number of anilines is 1. The van der Waals surface area contributed by atoms with Crippen molar-refractivity contribution in [3.8, 4) is 5.75 Å². The number of carbonyl (C=O) groups excluding carboxylic acids is 1. The van der Waals surface area contributed by atoms with Crippen molar-refractivity contribution in [3.63, 3.8) is 0 Å². The fourth-order valence-electron chi connectivity index (χ4n) is 2.74. The molecule has 0 spiro atoms. The van der Waals surface area contributed by atoms with Gasteiger partial charge in [-0.2, -0.15) is 0 Å². The highest BCUT2D eigenvalue weighted by atomic mass is 35.5. The average Bonchev–Trinajstić information content (AvgIpc) is 2.44. The van der Waals surface area contributed by atoms with E-state index in [0.717, 1.165) is 24.3 Å². The van der Waals surface area contributed by atoms with E-state index in [1.165, 1.54) is 12.8 Å². The lowest BCUT2D eigenvalue weighted by Crippen LogP contribution is -2.35. The Morgan fingerprint density at radius 1 is 1.29 bits per heavy atom. The number of benzene rings is 1. The average molecular weight is 313 g/mol. The molecule has 3 N–H and O–H groups in total. The largest absolute Gasteiger partial charge is 0.494 e. The highest BCUT2D eigenvalue weighted by molar-refractivity contribution is 5.90. The highest BCUT2D eigenvalue weighted by Crippen LogP contribution is 2.26. The quantitative estimate of drug-likeness (QED) is 0.876. The molecule has 1 aliphatic carbocycles. The highest BCUT2D eigenvalue weighted by Gasteiger charge is 2.24. The van der Waals surface area contributed by atoms with Gasteiger partial charge in [-0.1, -0.05) is 12.8 Å². The fourth-order valence-corrected chi connectivity index (χ4v) is 2.74. The van der Waals surface area contributed by atoms with Crippen LogP contribution in [0.5, 0.6) is 5.75 Å². The van der Waals surface area contributed by atoms with Gasteiger partial charge >= 0.3 is 0 Å². The Bertz CT molecular complexity index is 436. The summed E-state index contributed by atoms with van der Waals surface area (Å²) >= 11 is 0. The molecule has 1 amide bonds. The van der Waals surface area contributed by atoms with Gasteiger partial charge in [0.1, 0.15) is 5.75 Å². The van der Waals surface area contributed by atoms with E-state index in [1.807, 2.05) is 31.2 Å². The van der Waals surface area contributed by atoms with E-state index < -0.39 is 0 Å². The summed E-state index contributed by atoms with van der Waals surface area (Å²) in [7, 11) is 0. The van der Waals surface area contributed by atoms with E-state index in [1.54, 1.807) is 0 Å². The third-order valence-electron chi connectivity index (χ3n) is 3.86. The zero-order valence-electron chi connectivity index (χ0n) is 12.5. The van der Waals surface area contributed by atoms with Crippen LogP contribution in [0.1, 0.15) is 39.0 Å². The van der Waals surface area contributed by atoms with Crippen molar-refractivity contribution < 1.29 is 9.53 Å². The lowest BCUT2D eigenvalue weighted by molar-refractivity contribution is -0.117. The monoisotopic (exact) mass is 312 g/mol. The first-order valence-corrected chi connectivity index (χ1v) is 7.47. The van der Waals surface area contributed by atoms with Crippen molar-refractivity contribution in [2.24, 2.45) is 11.7 Å². The minimum Gasteiger partial charge on any atom is -0.494 e. The minimum atomic E-state index is 0. The van der Waals surface area contributed by atoms with Gasteiger partial charge in [-0.15, -0.1) is 12.4 Å². The van der Waals surface area contributed by atoms with E-state index >= 15 is 0 Å². The summed E-state index contributed by atoms with van der Waals surface area (Å²) in [4.78, 5) is 12.0. The number of nitrogens with two attached hydrogens (primary N) is 1. The summed E-state index contributed by atoms with van der Waals surface area (Å²) in [5.74, 6) is 1.20. The first-order valence-electron chi connectivity index (χ1n) is 7.47. The summed E-state index contributed by atoms with van der Waals surface area (Å²) in [6, 6.07) is 7.64. The first kappa shape index (κ1) is 17.8. The van der Waals surface area contributed by atoms with Crippen LogP contribution < -0.4 is 15.8 Å². The van der Waals surface area contributed by atoms with Gasteiger partial charge in [0.25, 0.3) is 0 Å². The van der Waals surface area contributed by atoms with Gasteiger partial charge in [0, 0.05) is 18.2 Å². The van der Waals surface area contributed by atoms with Gasteiger partial charge < -0.3 is 15.8 Å². The summed E-state index contributed by atoms with van der Waals surface area (Å²) in [6.07, 6.45) is 5.01. The smallest absolute Gasteiger partial charge is 0.224 e. The van der Waals surface area contributed by atoms with E-state index in [2.05, 4.69) is 5.32 Å². The van der Waals surface area contributed by atoms with Crippen molar-refractivity contribution in [3.05, 3.63) is 24.3 Å². The topological polar surface area (TPSA) is 64.3 Å². The number of hydrogen-bond donors (Lipinski definition) is 2. The van der Waals surface area contributed by atoms with E-state index in [4.69, 9.17) is 10.5 Å². The predicted molar refractivity (Wildman–Crippen MR) is 88.0 cm³/mol. The van der Waals surface area contributed by atoms with Crippen LogP contribution >= 0.6 is 12.4 Å². The van der Waals surface area contributed by atoms with Crippen molar-refractivity contribution in [2.45, 2.75) is 45.1 Å². The maximum Gasteiger partial charge on any atom is 0.224 e. The molecular weight excluding hydrogens is 288 g/mol. The van der Waals surface area contributed by atoms with Gasteiger partial charge in [0.2, 0.25) is 5.91 Å². The molecule has 0 saturated heterocycles. The number of halogens is 1. The van der Waals surface area contributed by atoms with Crippen LogP contribution in [0.3, 0.4) is 0 Å². The molecule has 1 aliphatic rings. The summed E-state index contributed by atoms with van der Waals surface area (Å²) in [5.41, 5.74) is 6.89. The van der Waals surface area contributed by atoms with Crippen LogP contribution in [0.2, 0.25) is 0 Å². The molecule has 0 heterocycles. The molecule has 5 heteroatoms. The molecule has 4 nitrogen and oxygen atoms in total. The summed E-state index contributed by atoms with van der Waals surface area (Å²) < 4.78 is 5.37. The number of rotatable bonds is 5. The second-order valence-electron chi connectivity index (χ2n) is 5.42. The molecule has 0 bridgehead atoms. The maximum absolute atomic E-state index is 12.0. The predicted octanol–water partition coefficient (Wildman–Crippen LogP) is 3.35. The van der Waals surface area contributed by atoms with E-state index in [-0.39, 0.29) is 24.4 Å². The normalized spacial score (nSPS) is 21.2. The van der Waals surface area contributed by atoms with Crippen LogP contribution in [0, 0.1) is 5.92 Å². The Morgan fingerprint density at radius 2 is 1.95 bits per heavy atom. The zero-order chi connectivity index (χ0) is 14.4. The number of ether oxygens (including phenoxy) is 1. The van der Waals surface area contributed by atoms with Gasteiger partial charge in [-0.05, 0) is 49.9 Å². The van der Waals surface area contributed by atoms with Crippen LogP contribution in [-0.2, 0) is 4.79 Å². The molecule has 0 aliphatic heterocycles. The van der Waals surface area contributed by atoms with Crippen molar-refractivity contribution >= 4 is 24.0 Å². The molecule has 2 rings (SSSR count). The molecule has 2 unspecified atom stereocenters. The Kier molecular flexibility index (Phi) is 7.54. The molecule has 21 heavy (non-hydrogen) atoms. The Balaban J connectivity index is 0.00000220. The third kappa shape index (κ3) is 5.56. The second kappa shape index (κ2) is 8.90. The van der Waals surface area contributed by atoms with Gasteiger partial charge in [0.15, 0.2) is 0 Å². The SMILES string of the molecule is CCOc1ccc(NC(=O)CC2CCCCC2N)cc1.Cl. The van der Waals surface area contributed by atoms with Gasteiger partial charge in [-0.3, -0.25) is 4.79 Å². The first-order chi connectivity index (χ1) is 9.69. The van der Waals surface area contributed by atoms with E-state index in [9.17, 15) is 4.79 Å². The Hall–Kier alpha value is -1.26. The summed E-state index contributed by atoms with van der Waals surface area (Å²) in [6.45, 7) is 2.59. The molecule has 0 radical (unpaired) electrons. The fraction of sp³-hybridized carbons (Fsp3) is 0.562. The van der Waals surface area contributed by atoms with E-state index in [0.29, 0.717) is 18.9 Å². The Labute approximate surface area is 132 Å². The molecular formula is C16H25ClN2O2. The standard InChI is InChI=1S/C16H24N2O2.ClH/c1-2-20-14-9-7-13(8-10-14)18-16(19)11-12-5-3-4-6-15(12)17;/h7-10,12,15H,2-6,11,17H2,1H3,(H,18,19);1H. The van der Waals surface area contributed by atoms with Gasteiger partial charge in [-0.25, -0.2) is 0 Å². The number of carbonyl (C=O) groups is 1. The second-order valence-corrected chi connectivity index (χ2v) is 5.42. The summed E-state index contributed by atoms with van der Waals surface area (Å²) in [5, 5.41) is 2.93. The number of nitrogens with one attached hydrogen (secondary N) is 1. The number of amides is 1. The molecule has 0 aromatic heterocycles. The molecule has 1 aromatic rings. The molecule has 1 aromatic carbocycles. The van der Waals surface area contributed by atoms with Crippen LogP contribution in [0.15, 0.2) is 24.3 Å². The van der Waals surface area contributed by atoms with Crippen LogP contribution in [-0.4, -0.2) is 18.6 Å². The number of hydrogen-bond acceptors (Lipinski definition) is 3. The molecule has 118 valence electrons. The zero-order valence-corrected chi connectivity index (χ0v) is 13.3. The maximum atomic E-state index is 12.0. The van der Waals surface area contributed by atoms with Crippen molar-refractivity contribution in [1.82, 2.24) is 0 Å². The lowest BCUT2D eigenvalue weighted by Gasteiger charge is -2.27. The van der Waals surface area contributed by atoms with Gasteiger partial charge in [0.05, 0.1) is 6.61 Å². The molecule has 2 atom stereocenters. The lowest BCUT2D eigenvalue weighted by atomic mass is 9.83. The molecule has 1 saturated carbocycles. The van der Waals surface area contributed by atoms with Crippen LogP contribution in [0.4, 0.5) is 5.69 Å². The van der Waals surface area contributed by atoms with Crippen LogP contribution in [0.25, 0.3) is 0 Å². The van der Waals surface area contributed by atoms with Crippen molar-refractivity contribution in [1.29, 1.82) is 0 Å². The third-order valence-corrected chi connectivity index (χ3v) is 3.86. The Morgan fingerprint density at radius 3 is 2.57 bits per heavy atom. The molecule has 1 fully saturated rings. The minimum absolute atomic E-state index is 0. The van der Waals surface area contributed by atoms with Crippen molar-refractivity contribution in [2.75, 3.05) is 11.9 Å².